The number of amides is 1. The van der Waals surface area contributed by atoms with Gasteiger partial charge in [0.05, 0.1) is 0 Å². The number of thioether (sulfide) groups is 1. The van der Waals surface area contributed by atoms with E-state index in [4.69, 9.17) is 0 Å². The lowest BCUT2D eigenvalue weighted by Crippen LogP contribution is -2.50. The molecule has 2 rings (SSSR count). The molecule has 0 spiro atoms. The summed E-state index contributed by atoms with van der Waals surface area (Å²) in [4.78, 5) is 39.7. The van der Waals surface area contributed by atoms with E-state index in [2.05, 4.69) is 10.3 Å². The van der Waals surface area contributed by atoms with E-state index in [-0.39, 0.29) is 5.56 Å². The molecule has 2 N–H and O–H groups in total. The van der Waals surface area contributed by atoms with E-state index >= 15 is 0 Å². The Labute approximate surface area is 125 Å². The number of hydrogen-bond donors (Lipinski definition) is 2. The maximum absolute atomic E-state index is 12.2. The fourth-order valence-corrected chi connectivity index (χ4v) is 2.94. The first-order valence-electron chi connectivity index (χ1n) is 6.48. The van der Waals surface area contributed by atoms with Crippen molar-refractivity contribution in [3.8, 4) is 0 Å². The van der Waals surface area contributed by atoms with Gasteiger partial charge in [0.15, 0.2) is 5.16 Å². The molecule has 0 saturated heterocycles. The van der Waals surface area contributed by atoms with Crippen molar-refractivity contribution in [2.45, 2.75) is 38.5 Å². The van der Waals surface area contributed by atoms with Crippen molar-refractivity contribution in [3.63, 3.8) is 0 Å². The number of aliphatic carboxylic acids is 1. The van der Waals surface area contributed by atoms with Crippen LogP contribution in [-0.2, 0) is 11.3 Å². The molecule has 1 atom stereocenters. The highest BCUT2D eigenvalue weighted by Crippen LogP contribution is 2.21. The topological polar surface area (TPSA) is 101 Å². The van der Waals surface area contributed by atoms with Crippen LogP contribution >= 0.6 is 11.8 Å². The second-order valence-electron chi connectivity index (χ2n) is 5.87. The van der Waals surface area contributed by atoms with E-state index in [1.165, 1.54) is 22.5 Å². The highest BCUT2D eigenvalue weighted by atomic mass is 32.2. The molecule has 1 aromatic heterocycles. The Bertz CT molecular complexity index is 648. The van der Waals surface area contributed by atoms with Gasteiger partial charge in [-0.15, -0.1) is 0 Å². The number of aromatic nitrogens is 2. The van der Waals surface area contributed by atoms with E-state index in [1.807, 2.05) is 0 Å². The molecule has 8 heteroatoms. The highest BCUT2D eigenvalue weighted by molar-refractivity contribution is 7.99. The van der Waals surface area contributed by atoms with Gasteiger partial charge in [-0.1, -0.05) is 32.5 Å². The van der Waals surface area contributed by atoms with Crippen molar-refractivity contribution < 1.29 is 14.7 Å². The molecule has 2 heterocycles. The van der Waals surface area contributed by atoms with Crippen LogP contribution in [0.5, 0.6) is 0 Å². The molecule has 0 saturated carbocycles. The van der Waals surface area contributed by atoms with Gasteiger partial charge < -0.3 is 10.4 Å². The van der Waals surface area contributed by atoms with Gasteiger partial charge in [-0.3, -0.25) is 14.2 Å². The number of nitrogens with one attached hydrogen (secondary N) is 1. The largest absolute Gasteiger partial charge is 0.480 e. The minimum Gasteiger partial charge on any atom is -0.480 e. The molecule has 21 heavy (non-hydrogen) atoms. The third kappa shape index (κ3) is 3.10. The molecule has 7 nitrogen and oxygen atoms in total. The summed E-state index contributed by atoms with van der Waals surface area (Å²) in [5.74, 6) is -1.10. The van der Waals surface area contributed by atoms with Crippen molar-refractivity contribution in [3.05, 3.63) is 22.1 Å². The van der Waals surface area contributed by atoms with Crippen molar-refractivity contribution in [2.75, 3.05) is 5.75 Å². The molecule has 114 valence electrons. The molecule has 1 aliphatic rings. The van der Waals surface area contributed by atoms with E-state index in [0.29, 0.717) is 11.7 Å². The number of rotatable bonds is 3. The van der Waals surface area contributed by atoms with Crippen LogP contribution in [0.3, 0.4) is 0 Å². The molecule has 1 aliphatic heterocycles. The van der Waals surface area contributed by atoms with Crippen LogP contribution in [0.15, 0.2) is 16.1 Å². The molecule has 1 aromatic rings. The summed E-state index contributed by atoms with van der Waals surface area (Å²) in [5, 5.41) is 12.2. The van der Waals surface area contributed by atoms with Gasteiger partial charge >= 0.3 is 5.97 Å². The fraction of sp³-hybridized carbons (Fsp3) is 0.538. The van der Waals surface area contributed by atoms with Gasteiger partial charge in [0.25, 0.3) is 11.5 Å². The number of carbonyl (C=O) groups is 2. The first-order chi connectivity index (χ1) is 9.71. The number of fused-ring (bicyclic) bond motifs is 1. The predicted octanol–water partition coefficient (Wildman–Crippen LogP) is 0.578. The number of carbonyl (C=O) groups excluding carboxylic acids is 1. The second kappa shape index (κ2) is 5.51. The van der Waals surface area contributed by atoms with Crippen molar-refractivity contribution in [2.24, 2.45) is 5.41 Å². The lowest BCUT2D eigenvalue weighted by molar-refractivity contribution is -0.142. The summed E-state index contributed by atoms with van der Waals surface area (Å²) in [5.41, 5.74) is -1.23. The number of nitrogens with zero attached hydrogens (tertiary/aromatic N) is 2. The molecule has 0 bridgehead atoms. The Hall–Kier alpha value is -1.83. The predicted molar refractivity (Wildman–Crippen MR) is 77.6 cm³/mol. The van der Waals surface area contributed by atoms with E-state index in [1.54, 1.807) is 20.8 Å². The molecule has 1 amide bonds. The standard InChI is InChI=1S/C13H17N3O4S/c1-13(2,3)8(11(19)20)15-9(17)7-6-14-12-16(10(7)18)4-5-21-12/h6,8H,4-5H2,1-3H3,(H,15,17)(H,19,20)/t8-/m0/s1. The Morgan fingerprint density at radius 3 is 2.71 bits per heavy atom. The maximum atomic E-state index is 12.2. The average molecular weight is 311 g/mol. The van der Waals surface area contributed by atoms with Crippen molar-refractivity contribution in [1.82, 2.24) is 14.9 Å². The third-order valence-electron chi connectivity index (χ3n) is 3.19. The molecular formula is C13H17N3O4S. The van der Waals surface area contributed by atoms with Crippen LogP contribution in [0.4, 0.5) is 0 Å². The monoisotopic (exact) mass is 311 g/mol. The number of carboxylic acids is 1. The summed E-state index contributed by atoms with van der Waals surface area (Å²) in [7, 11) is 0. The Morgan fingerprint density at radius 2 is 2.14 bits per heavy atom. The molecule has 0 fully saturated rings. The van der Waals surface area contributed by atoms with E-state index in [9.17, 15) is 19.5 Å². The number of hydrogen-bond acceptors (Lipinski definition) is 5. The minimum atomic E-state index is -1.14. The third-order valence-corrected chi connectivity index (χ3v) is 4.16. The van der Waals surface area contributed by atoms with Crippen LogP contribution < -0.4 is 10.9 Å². The van der Waals surface area contributed by atoms with Crippen molar-refractivity contribution >= 4 is 23.6 Å². The van der Waals surface area contributed by atoms with Crippen LogP contribution in [0.25, 0.3) is 0 Å². The normalized spacial score (nSPS) is 15.4. The first-order valence-corrected chi connectivity index (χ1v) is 7.46. The summed E-state index contributed by atoms with van der Waals surface area (Å²) in [6.45, 7) is 5.62. The van der Waals surface area contributed by atoms with Gasteiger partial charge in [-0.05, 0) is 5.41 Å². The zero-order valence-corrected chi connectivity index (χ0v) is 12.9. The molecule has 0 aliphatic carbocycles. The van der Waals surface area contributed by atoms with Gasteiger partial charge in [-0.25, -0.2) is 9.78 Å². The molecular weight excluding hydrogens is 294 g/mol. The lowest BCUT2D eigenvalue weighted by Gasteiger charge is -2.27. The summed E-state index contributed by atoms with van der Waals surface area (Å²) >= 11 is 1.45. The zero-order chi connectivity index (χ0) is 15.8. The molecule has 0 unspecified atom stereocenters. The smallest absolute Gasteiger partial charge is 0.326 e. The van der Waals surface area contributed by atoms with Crippen LogP contribution in [0.1, 0.15) is 31.1 Å². The van der Waals surface area contributed by atoms with Crippen LogP contribution in [-0.4, -0.2) is 38.3 Å². The maximum Gasteiger partial charge on any atom is 0.326 e. The molecule has 0 radical (unpaired) electrons. The highest BCUT2D eigenvalue weighted by Gasteiger charge is 2.33. The zero-order valence-electron chi connectivity index (χ0n) is 12.0. The van der Waals surface area contributed by atoms with Gasteiger partial charge in [0, 0.05) is 18.5 Å². The SMILES string of the molecule is CC(C)(C)[C@@H](NC(=O)c1cnc2n(c1=O)CCS2)C(=O)O. The van der Waals surface area contributed by atoms with Gasteiger partial charge in [0.2, 0.25) is 0 Å². The Kier molecular flexibility index (Phi) is 4.08. The quantitative estimate of drug-likeness (QED) is 0.792. The first kappa shape index (κ1) is 15.6. The Morgan fingerprint density at radius 1 is 1.48 bits per heavy atom. The summed E-state index contributed by atoms with van der Waals surface area (Å²) in [6.07, 6.45) is 1.21. The summed E-state index contributed by atoms with van der Waals surface area (Å²) in [6, 6.07) is -1.09. The van der Waals surface area contributed by atoms with Crippen LogP contribution in [0, 0.1) is 5.41 Å². The van der Waals surface area contributed by atoms with E-state index < -0.39 is 28.9 Å². The number of carboxylic acid groups (broad SMARTS) is 1. The van der Waals surface area contributed by atoms with E-state index in [0.717, 1.165) is 5.75 Å². The second-order valence-corrected chi connectivity index (χ2v) is 6.93. The lowest BCUT2D eigenvalue weighted by atomic mass is 9.86. The van der Waals surface area contributed by atoms with Crippen molar-refractivity contribution in [1.29, 1.82) is 0 Å². The van der Waals surface area contributed by atoms with Gasteiger partial charge in [-0.2, -0.15) is 0 Å². The Balaban J connectivity index is 2.29. The summed E-state index contributed by atoms with van der Waals surface area (Å²) < 4.78 is 1.44. The fourth-order valence-electron chi connectivity index (χ4n) is 2.03. The van der Waals surface area contributed by atoms with Crippen LogP contribution in [0.2, 0.25) is 0 Å². The van der Waals surface area contributed by atoms with Gasteiger partial charge in [0.1, 0.15) is 11.6 Å². The minimum absolute atomic E-state index is 0.128. The average Bonchev–Trinajstić information content (AvgIpc) is 2.83. The molecule has 0 aromatic carbocycles.